The number of nitrogens with zero attached hydrogens (tertiary/aromatic N) is 3. The van der Waals surface area contributed by atoms with Crippen LogP contribution in [0.3, 0.4) is 0 Å². The smallest absolute Gasteiger partial charge is 0.274 e. The van der Waals surface area contributed by atoms with Gasteiger partial charge in [0.25, 0.3) is 5.91 Å². The maximum Gasteiger partial charge on any atom is 0.274 e. The highest BCUT2D eigenvalue weighted by molar-refractivity contribution is 6.33. The average molecular weight is 255 g/mol. The molecule has 2 N–H and O–H groups in total. The van der Waals surface area contributed by atoms with E-state index in [0.717, 1.165) is 25.8 Å². The van der Waals surface area contributed by atoms with E-state index < -0.39 is 0 Å². The third-order valence-corrected chi connectivity index (χ3v) is 3.31. The van der Waals surface area contributed by atoms with Gasteiger partial charge in [0, 0.05) is 25.3 Å². The highest BCUT2D eigenvalue weighted by atomic mass is 35.5. The molecule has 0 aromatic carbocycles. The van der Waals surface area contributed by atoms with Crippen LogP contribution in [0.5, 0.6) is 0 Å². The van der Waals surface area contributed by atoms with Crippen molar-refractivity contribution in [3.8, 4) is 0 Å². The second-order valence-corrected chi connectivity index (χ2v) is 4.51. The molecular weight excluding hydrogens is 240 g/mol. The van der Waals surface area contributed by atoms with Gasteiger partial charge in [-0.2, -0.15) is 0 Å². The first-order valence-electron chi connectivity index (χ1n) is 5.70. The third-order valence-electron chi connectivity index (χ3n) is 3.03. The molecule has 1 aliphatic rings. The summed E-state index contributed by atoms with van der Waals surface area (Å²) in [6, 6.07) is 0.0993. The van der Waals surface area contributed by atoms with E-state index in [1.165, 1.54) is 12.5 Å². The van der Waals surface area contributed by atoms with Crippen LogP contribution >= 0.6 is 11.6 Å². The number of hydrogen-bond acceptors (Lipinski definition) is 4. The molecule has 6 heteroatoms. The van der Waals surface area contributed by atoms with E-state index in [0.29, 0.717) is 11.6 Å². The molecule has 0 unspecified atom stereocenters. The fourth-order valence-electron chi connectivity index (χ4n) is 2.12. The van der Waals surface area contributed by atoms with E-state index in [9.17, 15) is 4.79 Å². The number of amides is 1. The summed E-state index contributed by atoms with van der Waals surface area (Å²) in [7, 11) is 0. The summed E-state index contributed by atoms with van der Waals surface area (Å²) in [6.07, 6.45) is 5.84. The van der Waals surface area contributed by atoms with Crippen molar-refractivity contribution < 1.29 is 4.79 Å². The molecule has 1 fully saturated rings. The summed E-state index contributed by atoms with van der Waals surface area (Å²) in [6.45, 7) is 1.20. The summed E-state index contributed by atoms with van der Waals surface area (Å²) in [5.74, 6) is -0.146. The predicted octanol–water partition coefficient (Wildman–Crippen LogP) is 1.08. The number of hydrogen-bond donors (Lipinski definition) is 1. The molecule has 5 nitrogen and oxygen atoms in total. The minimum atomic E-state index is -0.146. The molecule has 1 aromatic heterocycles. The molecule has 2 rings (SSSR count). The average Bonchev–Trinajstić information content (AvgIpc) is 2.38. The van der Waals surface area contributed by atoms with Crippen LogP contribution < -0.4 is 5.73 Å². The molecule has 2 heterocycles. The van der Waals surface area contributed by atoms with Gasteiger partial charge in [-0.15, -0.1) is 0 Å². The maximum atomic E-state index is 12.3. The Morgan fingerprint density at radius 3 is 3.12 bits per heavy atom. The van der Waals surface area contributed by atoms with Crippen molar-refractivity contribution in [1.82, 2.24) is 14.9 Å². The van der Waals surface area contributed by atoms with E-state index in [4.69, 9.17) is 17.3 Å². The number of nitrogens with two attached hydrogens (primary N) is 1. The standard InChI is InChI=1S/C11H15ClN4O/c12-9-6-14-7-15-10(9)11(17)16-4-2-1-3-8(16)5-13/h6-8H,1-5,13H2/t8-/m0/s1. The fraction of sp³-hybridized carbons (Fsp3) is 0.545. The van der Waals surface area contributed by atoms with Gasteiger partial charge in [-0.1, -0.05) is 11.6 Å². The molecule has 17 heavy (non-hydrogen) atoms. The van der Waals surface area contributed by atoms with Gasteiger partial charge in [-0.05, 0) is 19.3 Å². The molecule has 1 saturated heterocycles. The number of piperidine rings is 1. The molecular formula is C11H15ClN4O. The van der Waals surface area contributed by atoms with Gasteiger partial charge in [-0.25, -0.2) is 9.97 Å². The maximum absolute atomic E-state index is 12.3. The Hall–Kier alpha value is -1.20. The first-order chi connectivity index (χ1) is 8.24. The summed E-state index contributed by atoms with van der Waals surface area (Å²) >= 11 is 5.93. The molecule has 0 saturated carbocycles. The van der Waals surface area contributed by atoms with Crippen LogP contribution in [0.1, 0.15) is 29.8 Å². The minimum Gasteiger partial charge on any atom is -0.333 e. The van der Waals surface area contributed by atoms with E-state index >= 15 is 0 Å². The number of halogens is 1. The number of carbonyl (C=O) groups is 1. The monoisotopic (exact) mass is 254 g/mol. The lowest BCUT2D eigenvalue weighted by molar-refractivity contribution is 0.0617. The number of likely N-dealkylation sites (tertiary alicyclic amines) is 1. The van der Waals surface area contributed by atoms with Crippen molar-refractivity contribution in [1.29, 1.82) is 0 Å². The third kappa shape index (κ3) is 2.56. The van der Waals surface area contributed by atoms with Gasteiger partial charge < -0.3 is 10.6 Å². The zero-order valence-electron chi connectivity index (χ0n) is 9.47. The van der Waals surface area contributed by atoms with Gasteiger partial charge in [0.2, 0.25) is 0 Å². The zero-order chi connectivity index (χ0) is 12.3. The van der Waals surface area contributed by atoms with Gasteiger partial charge in [-0.3, -0.25) is 4.79 Å². The number of carbonyl (C=O) groups excluding carboxylic acids is 1. The molecule has 92 valence electrons. The Morgan fingerprint density at radius 1 is 1.59 bits per heavy atom. The Kier molecular flexibility index (Phi) is 3.91. The van der Waals surface area contributed by atoms with Crippen molar-refractivity contribution in [2.24, 2.45) is 5.73 Å². The van der Waals surface area contributed by atoms with Gasteiger partial charge in [0.15, 0.2) is 0 Å². The Morgan fingerprint density at radius 2 is 2.41 bits per heavy atom. The first-order valence-corrected chi connectivity index (χ1v) is 6.08. The Balaban J connectivity index is 2.21. The van der Waals surface area contributed by atoms with E-state index in [2.05, 4.69) is 9.97 Å². The summed E-state index contributed by atoms with van der Waals surface area (Å²) in [5.41, 5.74) is 5.95. The Bertz CT molecular complexity index is 412. The lowest BCUT2D eigenvalue weighted by Gasteiger charge is -2.34. The highest BCUT2D eigenvalue weighted by Crippen LogP contribution is 2.20. The largest absolute Gasteiger partial charge is 0.333 e. The van der Waals surface area contributed by atoms with Crippen LogP contribution in [0, 0.1) is 0 Å². The summed E-state index contributed by atoms with van der Waals surface area (Å²) in [4.78, 5) is 21.8. The van der Waals surface area contributed by atoms with E-state index in [1.54, 1.807) is 4.90 Å². The second-order valence-electron chi connectivity index (χ2n) is 4.10. The molecule has 0 bridgehead atoms. The molecule has 1 atom stereocenters. The normalized spacial score (nSPS) is 20.4. The van der Waals surface area contributed by atoms with Crippen molar-refractivity contribution in [3.05, 3.63) is 23.2 Å². The second kappa shape index (κ2) is 5.42. The van der Waals surface area contributed by atoms with Crippen molar-refractivity contribution >= 4 is 17.5 Å². The molecule has 0 radical (unpaired) electrons. The minimum absolute atomic E-state index is 0.0993. The SMILES string of the molecule is NC[C@@H]1CCCCN1C(=O)c1ncncc1Cl. The molecule has 1 aromatic rings. The zero-order valence-corrected chi connectivity index (χ0v) is 10.2. The summed E-state index contributed by atoms with van der Waals surface area (Å²) < 4.78 is 0. The van der Waals surface area contributed by atoms with Crippen LogP contribution in [0.4, 0.5) is 0 Å². The van der Waals surface area contributed by atoms with Crippen LogP contribution in [0.2, 0.25) is 5.02 Å². The van der Waals surface area contributed by atoms with Gasteiger partial charge in [0.1, 0.15) is 12.0 Å². The lowest BCUT2D eigenvalue weighted by Crippen LogP contribution is -2.47. The van der Waals surface area contributed by atoms with Crippen molar-refractivity contribution in [2.45, 2.75) is 25.3 Å². The number of rotatable bonds is 2. The van der Waals surface area contributed by atoms with Crippen LogP contribution in [0.15, 0.2) is 12.5 Å². The molecule has 0 aliphatic carbocycles. The van der Waals surface area contributed by atoms with E-state index in [-0.39, 0.29) is 17.6 Å². The summed E-state index contributed by atoms with van der Waals surface area (Å²) in [5, 5.41) is 0.291. The van der Waals surface area contributed by atoms with Crippen LogP contribution in [0.25, 0.3) is 0 Å². The Labute approximate surface area is 105 Å². The topological polar surface area (TPSA) is 72.1 Å². The number of aromatic nitrogens is 2. The predicted molar refractivity (Wildman–Crippen MR) is 64.8 cm³/mol. The molecule has 1 aliphatic heterocycles. The van der Waals surface area contributed by atoms with Crippen LogP contribution in [-0.2, 0) is 0 Å². The van der Waals surface area contributed by atoms with E-state index in [1.807, 2.05) is 0 Å². The van der Waals surface area contributed by atoms with Gasteiger partial charge >= 0.3 is 0 Å². The van der Waals surface area contributed by atoms with Crippen molar-refractivity contribution in [3.63, 3.8) is 0 Å². The molecule has 1 amide bonds. The molecule has 0 spiro atoms. The van der Waals surface area contributed by atoms with Gasteiger partial charge in [0.05, 0.1) is 5.02 Å². The fourth-order valence-corrected chi connectivity index (χ4v) is 2.31. The lowest BCUT2D eigenvalue weighted by atomic mass is 10.0. The first kappa shape index (κ1) is 12.3. The van der Waals surface area contributed by atoms with Crippen LogP contribution in [-0.4, -0.2) is 39.9 Å². The highest BCUT2D eigenvalue weighted by Gasteiger charge is 2.28. The van der Waals surface area contributed by atoms with Crippen molar-refractivity contribution in [2.75, 3.05) is 13.1 Å². The quantitative estimate of drug-likeness (QED) is 0.857.